The summed E-state index contributed by atoms with van der Waals surface area (Å²) >= 11 is 0. The molecule has 5 heteroatoms. The number of carbonyl (C=O) groups is 1. The van der Waals surface area contributed by atoms with Gasteiger partial charge < -0.3 is 14.7 Å². The quantitative estimate of drug-likeness (QED) is 0.293. The Morgan fingerprint density at radius 1 is 1.62 bits per heavy atom. The van der Waals surface area contributed by atoms with Crippen molar-refractivity contribution in [2.45, 2.75) is 13.8 Å². The zero-order chi connectivity index (χ0) is 10.1. The summed E-state index contributed by atoms with van der Waals surface area (Å²) in [7, 11) is 0. The minimum atomic E-state index is -0.573. The van der Waals surface area contributed by atoms with Crippen LogP contribution in [0.15, 0.2) is 17.0 Å². The summed E-state index contributed by atoms with van der Waals surface area (Å²) in [5.41, 5.74) is 0. The Kier molecular flexibility index (Phi) is 6.53. The Morgan fingerprint density at radius 2 is 2.31 bits per heavy atom. The molecule has 74 valence electrons. The van der Waals surface area contributed by atoms with Gasteiger partial charge >= 0.3 is 5.97 Å². The predicted molar refractivity (Wildman–Crippen MR) is 47.1 cm³/mol. The van der Waals surface area contributed by atoms with Crippen molar-refractivity contribution in [3.05, 3.63) is 11.8 Å². The van der Waals surface area contributed by atoms with Gasteiger partial charge in [0.25, 0.3) is 0 Å². The van der Waals surface area contributed by atoms with Gasteiger partial charge in [0, 0.05) is 0 Å². The second kappa shape index (κ2) is 7.30. The summed E-state index contributed by atoms with van der Waals surface area (Å²) in [6.45, 7) is 3.42. The molecule has 0 unspecified atom stereocenters. The standard InChI is InChI=1S/C8H13NO4/c1-3-7(6-10)13-9-5-8(11)12-4-2/h3,5,10H,4,6H2,1-2H3/b7-3-,9-5+. The van der Waals surface area contributed by atoms with Crippen LogP contribution in [0.4, 0.5) is 0 Å². The fraction of sp³-hybridized carbons (Fsp3) is 0.500. The molecule has 0 radical (unpaired) electrons. The molecular formula is C8H13NO4. The molecule has 13 heavy (non-hydrogen) atoms. The van der Waals surface area contributed by atoms with Crippen molar-refractivity contribution in [3.8, 4) is 0 Å². The topological polar surface area (TPSA) is 68.1 Å². The van der Waals surface area contributed by atoms with Crippen molar-refractivity contribution >= 4 is 12.2 Å². The molecule has 0 saturated carbocycles. The molecule has 0 rings (SSSR count). The van der Waals surface area contributed by atoms with E-state index in [1.807, 2.05) is 0 Å². The van der Waals surface area contributed by atoms with Crippen LogP contribution >= 0.6 is 0 Å². The van der Waals surface area contributed by atoms with Crippen LogP contribution in [0.25, 0.3) is 0 Å². The highest BCUT2D eigenvalue weighted by Gasteiger charge is 1.96. The number of rotatable bonds is 5. The van der Waals surface area contributed by atoms with E-state index < -0.39 is 5.97 Å². The van der Waals surface area contributed by atoms with Crippen molar-refractivity contribution in [2.24, 2.45) is 5.16 Å². The number of ether oxygens (including phenoxy) is 1. The molecule has 0 aliphatic rings. The first-order valence-electron chi connectivity index (χ1n) is 3.87. The van der Waals surface area contributed by atoms with Crippen LogP contribution in [0.5, 0.6) is 0 Å². The van der Waals surface area contributed by atoms with Crippen molar-refractivity contribution in [2.75, 3.05) is 13.2 Å². The predicted octanol–water partition coefficient (Wildman–Crippen LogP) is 0.448. The van der Waals surface area contributed by atoms with Gasteiger partial charge in [-0.15, -0.1) is 0 Å². The van der Waals surface area contributed by atoms with Crippen LogP contribution in [0.2, 0.25) is 0 Å². The molecule has 0 aliphatic carbocycles. The van der Waals surface area contributed by atoms with Crippen LogP contribution in [-0.4, -0.2) is 30.5 Å². The maximum absolute atomic E-state index is 10.7. The molecule has 0 atom stereocenters. The molecule has 0 aromatic rings. The molecule has 0 aromatic carbocycles. The summed E-state index contributed by atoms with van der Waals surface area (Å²) in [4.78, 5) is 15.3. The van der Waals surface area contributed by atoms with Crippen LogP contribution < -0.4 is 0 Å². The maximum atomic E-state index is 10.7. The third-order valence-corrected chi connectivity index (χ3v) is 1.09. The molecule has 0 heterocycles. The SMILES string of the molecule is C/C=C(/CO)O/N=C/C(=O)OCC. The summed E-state index contributed by atoms with van der Waals surface area (Å²) in [6.07, 6.45) is 2.45. The minimum absolute atomic E-state index is 0.253. The first-order chi connectivity index (χ1) is 6.24. The lowest BCUT2D eigenvalue weighted by Gasteiger charge is -1.98. The number of hydrogen-bond acceptors (Lipinski definition) is 5. The van der Waals surface area contributed by atoms with Crippen LogP contribution in [0.1, 0.15) is 13.8 Å². The average molecular weight is 187 g/mol. The normalized spacial score (nSPS) is 11.8. The lowest BCUT2D eigenvalue weighted by molar-refractivity contribution is -0.134. The van der Waals surface area contributed by atoms with E-state index in [-0.39, 0.29) is 12.4 Å². The van der Waals surface area contributed by atoms with Crippen LogP contribution in [0, 0.1) is 0 Å². The molecule has 0 bridgehead atoms. The second-order valence-corrected chi connectivity index (χ2v) is 1.99. The number of esters is 1. The minimum Gasteiger partial charge on any atom is -0.462 e. The summed E-state index contributed by atoms with van der Waals surface area (Å²) in [5, 5.41) is 11.9. The van der Waals surface area contributed by atoms with E-state index in [4.69, 9.17) is 5.11 Å². The van der Waals surface area contributed by atoms with Crippen molar-refractivity contribution in [3.63, 3.8) is 0 Å². The number of oxime groups is 1. The third-order valence-electron chi connectivity index (χ3n) is 1.09. The molecule has 0 aromatic heterocycles. The van der Waals surface area contributed by atoms with Gasteiger partial charge in [-0.05, 0) is 19.9 Å². The second-order valence-electron chi connectivity index (χ2n) is 1.99. The van der Waals surface area contributed by atoms with Gasteiger partial charge in [-0.25, -0.2) is 4.79 Å². The van der Waals surface area contributed by atoms with Crippen LogP contribution in [0.3, 0.4) is 0 Å². The van der Waals surface area contributed by atoms with Crippen molar-refractivity contribution in [1.29, 1.82) is 0 Å². The van der Waals surface area contributed by atoms with E-state index >= 15 is 0 Å². The summed E-state index contributed by atoms with van der Waals surface area (Å²) in [5.74, 6) is -0.295. The van der Waals surface area contributed by atoms with Gasteiger partial charge in [0.05, 0.1) is 6.61 Å². The lowest BCUT2D eigenvalue weighted by Crippen LogP contribution is -2.05. The highest BCUT2D eigenvalue weighted by atomic mass is 16.6. The van der Waals surface area contributed by atoms with Crippen LogP contribution in [-0.2, 0) is 14.4 Å². The van der Waals surface area contributed by atoms with Gasteiger partial charge in [0.1, 0.15) is 6.61 Å². The van der Waals surface area contributed by atoms with Gasteiger partial charge in [-0.1, -0.05) is 5.16 Å². The first-order valence-corrected chi connectivity index (χ1v) is 3.87. The molecule has 0 amide bonds. The van der Waals surface area contributed by atoms with E-state index in [0.29, 0.717) is 6.61 Å². The Labute approximate surface area is 76.6 Å². The number of aliphatic hydroxyl groups excluding tert-OH is 1. The van der Waals surface area contributed by atoms with Crippen molar-refractivity contribution < 1.29 is 19.5 Å². The van der Waals surface area contributed by atoms with E-state index in [1.165, 1.54) is 0 Å². The zero-order valence-corrected chi connectivity index (χ0v) is 7.69. The van der Waals surface area contributed by atoms with Crippen molar-refractivity contribution in [1.82, 2.24) is 0 Å². The first kappa shape index (κ1) is 11.6. The fourth-order valence-corrected chi connectivity index (χ4v) is 0.489. The molecule has 0 aliphatic heterocycles. The zero-order valence-electron chi connectivity index (χ0n) is 7.69. The summed E-state index contributed by atoms with van der Waals surface area (Å²) < 4.78 is 4.54. The lowest BCUT2D eigenvalue weighted by atomic mass is 10.5. The smallest absolute Gasteiger partial charge is 0.352 e. The number of hydrogen-bond donors (Lipinski definition) is 1. The number of carbonyl (C=O) groups excluding carboxylic acids is 1. The highest BCUT2D eigenvalue weighted by Crippen LogP contribution is 1.94. The van der Waals surface area contributed by atoms with Gasteiger partial charge in [0.15, 0.2) is 12.0 Å². The third kappa shape index (κ3) is 5.86. The Balaban J connectivity index is 3.80. The summed E-state index contributed by atoms with van der Waals surface area (Å²) in [6, 6.07) is 0. The molecule has 0 spiro atoms. The van der Waals surface area contributed by atoms with E-state index in [9.17, 15) is 4.79 Å². The molecule has 1 N–H and O–H groups in total. The Hall–Kier alpha value is -1.36. The number of nitrogens with zero attached hydrogens (tertiary/aromatic N) is 1. The van der Waals surface area contributed by atoms with Gasteiger partial charge in [-0.3, -0.25) is 0 Å². The number of allylic oxidation sites excluding steroid dienone is 1. The highest BCUT2D eigenvalue weighted by molar-refractivity contribution is 6.22. The Bertz CT molecular complexity index is 210. The molecule has 0 saturated heterocycles. The largest absolute Gasteiger partial charge is 0.462 e. The molecule has 0 fully saturated rings. The van der Waals surface area contributed by atoms with E-state index in [0.717, 1.165) is 6.21 Å². The molecular weight excluding hydrogens is 174 g/mol. The average Bonchev–Trinajstić information content (AvgIpc) is 2.13. The van der Waals surface area contributed by atoms with E-state index in [2.05, 4.69) is 14.7 Å². The molecule has 5 nitrogen and oxygen atoms in total. The van der Waals surface area contributed by atoms with Gasteiger partial charge in [-0.2, -0.15) is 0 Å². The Morgan fingerprint density at radius 3 is 2.77 bits per heavy atom. The fourth-order valence-electron chi connectivity index (χ4n) is 0.489. The maximum Gasteiger partial charge on any atom is 0.352 e. The monoisotopic (exact) mass is 187 g/mol. The number of aliphatic hydroxyl groups is 1. The van der Waals surface area contributed by atoms with E-state index in [1.54, 1.807) is 19.9 Å². The van der Waals surface area contributed by atoms with Gasteiger partial charge in [0.2, 0.25) is 0 Å².